The summed E-state index contributed by atoms with van der Waals surface area (Å²) in [5, 5.41) is 3.34. The lowest BCUT2D eigenvalue weighted by Gasteiger charge is -2.41. The molecule has 2 saturated heterocycles. The molecule has 3 aliphatic rings. The second kappa shape index (κ2) is 3.58. The van der Waals surface area contributed by atoms with Crippen LogP contribution in [0.1, 0.15) is 25.7 Å². The molecule has 13 heavy (non-hydrogen) atoms. The van der Waals surface area contributed by atoms with Gasteiger partial charge in [-0.25, -0.2) is 0 Å². The van der Waals surface area contributed by atoms with E-state index in [1.54, 1.807) is 0 Å². The first kappa shape index (κ1) is 8.88. The van der Waals surface area contributed by atoms with Gasteiger partial charge in [-0.3, -0.25) is 4.79 Å². The highest BCUT2D eigenvalue weighted by Gasteiger charge is 2.39. The number of rotatable bonds is 2. The molecule has 3 nitrogen and oxygen atoms in total. The van der Waals surface area contributed by atoms with E-state index < -0.39 is 0 Å². The molecule has 3 rings (SSSR count). The van der Waals surface area contributed by atoms with Crippen molar-refractivity contribution in [2.75, 3.05) is 6.61 Å². The minimum Gasteiger partial charge on any atom is -0.422 e. The number of piperidine rings is 2. The zero-order chi connectivity index (χ0) is 9.26. The summed E-state index contributed by atoms with van der Waals surface area (Å²) >= 11 is 0. The van der Waals surface area contributed by atoms with E-state index in [4.69, 9.17) is 4.74 Å². The fourth-order valence-corrected chi connectivity index (χ4v) is 2.46. The average molecular weight is 182 g/mol. The van der Waals surface area contributed by atoms with Gasteiger partial charge in [0, 0.05) is 6.04 Å². The second-order valence-electron chi connectivity index (χ2n) is 3.92. The van der Waals surface area contributed by atoms with E-state index in [1.165, 1.54) is 25.7 Å². The number of ether oxygens (including phenoxy) is 1. The maximum atomic E-state index is 11.5. The summed E-state index contributed by atoms with van der Waals surface area (Å²) in [6.45, 7) is 3.76. The van der Waals surface area contributed by atoms with Gasteiger partial charge >= 0.3 is 5.97 Å². The zero-order valence-electron chi connectivity index (χ0n) is 7.79. The highest BCUT2D eigenvalue weighted by atomic mass is 16.5. The van der Waals surface area contributed by atoms with Gasteiger partial charge in [0.15, 0.2) is 0 Å². The van der Waals surface area contributed by atoms with Crippen LogP contribution in [0.5, 0.6) is 0 Å². The number of carbonyl (C=O) groups is 1. The molecule has 1 saturated carbocycles. The maximum Gasteiger partial charge on any atom is 0.326 e. The van der Waals surface area contributed by atoms with Crippen molar-refractivity contribution < 1.29 is 9.53 Å². The number of nitrogens with one attached hydrogen (secondary N) is 1. The molecule has 1 N–H and O–H groups in total. The summed E-state index contributed by atoms with van der Waals surface area (Å²) < 4.78 is 4.92. The van der Waals surface area contributed by atoms with E-state index >= 15 is 0 Å². The van der Waals surface area contributed by atoms with Crippen LogP contribution in [0.3, 0.4) is 0 Å². The molecule has 2 bridgehead atoms. The minimum absolute atomic E-state index is 0.0470. The van der Waals surface area contributed by atoms with Gasteiger partial charge in [-0.1, -0.05) is 0 Å². The second-order valence-corrected chi connectivity index (χ2v) is 3.92. The van der Waals surface area contributed by atoms with Crippen molar-refractivity contribution >= 4 is 5.97 Å². The molecule has 1 aliphatic carbocycles. The SMILES string of the molecule is [CH2+]COC(=O)C1NC2CCC1CC2. The third-order valence-corrected chi connectivity index (χ3v) is 3.16. The molecule has 0 radical (unpaired) electrons. The summed E-state index contributed by atoms with van der Waals surface area (Å²) in [5.74, 6) is 0.397. The minimum atomic E-state index is -0.107. The van der Waals surface area contributed by atoms with Crippen molar-refractivity contribution in [1.29, 1.82) is 0 Å². The normalized spacial score (nSPS) is 37.4. The fraction of sp³-hybridized carbons (Fsp3) is 0.800. The summed E-state index contributed by atoms with van der Waals surface area (Å²) in [5.41, 5.74) is 0. The maximum absolute atomic E-state index is 11.5. The van der Waals surface area contributed by atoms with Crippen molar-refractivity contribution in [2.45, 2.75) is 37.8 Å². The van der Waals surface area contributed by atoms with E-state index in [1.807, 2.05) is 0 Å². The van der Waals surface area contributed by atoms with Gasteiger partial charge in [0.25, 0.3) is 0 Å². The first-order valence-corrected chi connectivity index (χ1v) is 5.03. The van der Waals surface area contributed by atoms with Crippen LogP contribution in [0.15, 0.2) is 0 Å². The molecule has 2 heterocycles. The Labute approximate surface area is 78.8 Å². The van der Waals surface area contributed by atoms with E-state index in [2.05, 4.69) is 12.2 Å². The smallest absolute Gasteiger partial charge is 0.326 e. The fourth-order valence-electron chi connectivity index (χ4n) is 2.46. The molecule has 2 aliphatic heterocycles. The van der Waals surface area contributed by atoms with Gasteiger partial charge in [-0.05, 0) is 31.6 Å². The highest BCUT2D eigenvalue weighted by Crippen LogP contribution is 2.33. The van der Waals surface area contributed by atoms with Gasteiger partial charge in [0.2, 0.25) is 6.61 Å². The van der Waals surface area contributed by atoms with Gasteiger partial charge in [-0.15, -0.1) is 0 Å². The van der Waals surface area contributed by atoms with Crippen LogP contribution in [-0.4, -0.2) is 24.7 Å². The summed E-state index contributed by atoms with van der Waals surface area (Å²) in [6.07, 6.45) is 4.79. The largest absolute Gasteiger partial charge is 0.422 e. The molecule has 3 fully saturated rings. The van der Waals surface area contributed by atoms with Crippen molar-refractivity contribution in [2.24, 2.45) is 5.92 Å². The van der Waals surface area contributed by atoms with E-state index in [9.17, 15) is 4.79 Å². The van der Waals surface area contributed by atoms with Gasteiger partial charge in [0.05, 0.1) is 0 Å². The Kier molecular flexibility index (Phi) is 2.44. The number of fused-ring (bicyclic) bond motifs is 3. The highest BCUT2D eigenvalue weighted by molar-refractivity contribution is 5.76. The van der Waals surface area contributed by atoms with Crippen LogP contribution in [0, 0.1) is 12.8 Å². The first-order valence-electron chi connectivity index (χ1n) is 5.03. The topological polar surface area (TPSA) is 38.3 Å². The summed E-state index contributed by atoms with van der Waals surface area (Å²) in [6, 6.07) is 0.501. The van der Waals surface area contributed by atoms with Crippen molar-refractivity contribution in [3.05, 3.63) is 6.92 Å². The first-order chi connectivity index (χ1) is 6.31. The number of hydrogen-bond donors (Lipinski definition) is 1. The summed E-state index contributed by atoms with van der Waals surface area (Å²) in [7, 11) is 0. The lowest BCUT2D eigenvalue weighted by Crippen LogP contribution is -2.56. The van der Waals surface area contributed by atoms with Gasteiger partial charge in [-0.2, -0.15) is 0 Å². The number of hydrogen-bond acceptors (Lipinski definition) is 3. The zero-order valence-corrected chi connectivity index (χ0v) is 7.79. The third kappa shape index (κ3) is 1.66. The van der Waals surface area contributed by atoms with Crippen LogP contribution >= 0.6 is 0 Å². The van der Waals surface area contributed by atoms with Crippen molar-refractivity contribution in [3.63, 3.8) is 0 Å². The molecule has 3 heteroatoms. The van der Waals surface area contributed by atoms with Crippen LogP contribution in [0.25, 0.3) is 0 Å². The Morgan fingerprint density at radius 2 is 2.08 bits per heavy atom. The number of carbonyl (C=O) groups excluding carboxylic acids is 1. The molecule has 0 aromatic carbocycles. The average Bonchev–Trinajstić information content (AvgIpc) is 2.20. The van der Waals surface area contributed by atoms with Gasteiger partial charge in [0.1, 0.15) is 13.0 Å². The van der Waals surface area contributed by atoms with Crippen molar-refractivity contribution in [1.82, 2.24) is 5.32 Å². The molecule has 0 spiro atoms. The van der Waals surface area contributed by atoms with Crippen LogP contribution in [-0.2, 0) is 9.53 Å². The lowest BCUT2D eigenvalue weighted by molar-refractivity contribution is -0.148. The molecule has 1 unspecified atom stereocenters. The van der Waals surface area contributed by atoms with E-state index in [-0.39, 0.29) is 18.6 Å². The van der Waals surface area contributed by atoms with Crippen molar-refractivity contribution in [3.8, 4) is 0 Å². The molecule has 0 aromatic rings. The van der Waals surface area contributed by atoms with Crippen LogP contribution in [0.4, 0.5) is 0 Å². The monoisotopic (exact) mass is 182 g/mol. The molecule has 0 amide bonds. The number of esters is 1. The predicted octanol–water partition coefficient (Wildman–Crippen LogP) is 0.894. The Hall–Kier alpha value is -0.700. The van der Waals surface area contributed by atoms with Crippen LogP contribution < -0.4 is 5.32 Å². The molecule has 72 valence electrons. The third-order valence-electron chi connectivity index (χ3n) is 3.16. The quantitative estimate of drug-likeness (QED) is 0.509. The van der Waals surface area contributed by atoms with Crippen LogP contribution in [0.2, 0.25) is 0 Å². The molecule has 1 atom stereocenters. The molecular formula is C10H16NO2+. The Bertz CT molecular complexity index is 197. The molecular weight excluding hydrogens is 166 g/mol. The predicted molar refractivity (Wildman–Crippen MR) is 49.0 cm³/mol. The Balaban J connectivity index is 1.96. The summed E-state index contributed by atoms with van der Waals surface area (Å²) in [4.78, 5) is 11.5. The van der Waals surface area contributed by atoms with Gasteiger partial charge < -0.3 is 10.1 Å². The lowest BCUT2D eigenvalue weighted by atomic mass is 9.76. The van der Waals surface area contributed by atoms with E-state index in [0.29, 0.717) is 12.0 Å². The standard InChI is InChI=1S/C10H16NO2/c1-2-13-10(12)9-7-3-5-8(11-9)6-4-7/h7-9,11H,1-6H2/q+1. The Morgan fingerprint density at radius 1 is 1.38 bits per heavy atom. The molecule has 0 aromatic heterocycles. The Morgan fingerprint density at radius 3 is 2.54 bits per heavy atom. The van der Waals surface area contributed by atoms with E-state index in [0.717, 1.165) is 0 Å².